The maximum absolute atomic E-state index is 5.88. The van der Waals surface area contributed by atoms with Crippen molar-refractivity contribution in [2.45, 2.75) is 20.4 Å². The molecule has 3 aromatic heterocycles. The number of hydrogen-bond donors (Lipinski definition) is 1. The Balaban J connectivity index is 1.54. The number of pyridine rings is 1. The van der Waals surface area contributed by atoms with E-state index in [0.717, 1.165) is 11.3 Å². The minimum atomic E-state index is 0.397. The van der Waals surface area contributed by atoms with Crippen molar-refractivity contribution in [3.8, 4) is 11.1 Å². The number of aromatic nitrogens is 5. The molecule has 0 saturated heterocycles. The molecule has 0 aliphatic rings. The highest BCUT2D eigenvalue weighted by Crippen LogP contribution is 2.24. The molecular weight excluding hydrogens is 348 g/mol. The van der Waals surface area contributed by atoms with Gasteiger partial charge in [0.2, 0.25) is 5.95 Å². The van der Waals surface area contributed by atoms with Crippen molar-refractivity contribution in [3.05, 3.63) is 70.9 Å². The quantitative estimate of drug-likeness (QED) is 0.553. The highest BCUT2D eigenvalue weighted by atomic mass is 35.5. The largest absolute Gasteiger partial charge is 0.350 e. The Hall–Kier alpha value is -2.99. The Morgan fingerprint density at radius 1 is 1.04 bits per heavy atom. The van der Waals surface area contributed by atoms with E-state index in [0.29, 0.717) is 23.3 Å². The van der Waals surface area contributed by atoms with Gasteiger partial charge in [0, 0.05) is 24.5 Å². The molecule has 6 nitrogen and oxygen atoms in total. The zero-order valence-electron chi connectivity index (χ0n) is 14.4. The summed E-state index contributed by atoms with van der Waals surface area (Å²) in [4.78, 5) is 8.33. The molecule has 0 aliphatic heterocycles. The van der Waals surface area contributed by atoms with E-state index in [9.17, 15) is 0 Å². The number of benzene rings is 1. The first kappa shape index (κ1) is 16.5. The van der Waals surface area contributed by atoms with E-state index in [1.807, 2.05) is 19.2 Å². The zero-order valence-corrected chi connectivity index (χ0v) is 15.2. The number of anilines is 1. The molecule has 4 aromatic rings. The number of fused-ring (bicyclic) bond motifs is 1. The molecule has 0 unspecified atom stereocenters. The monoisotopic (exact) mass is 364 g/mol. The molecule has 0 amide bonds. The summed E-state index contributed by atoms with van der Waals surface area (Å²) in [7, 11) is 0. The summed E-state index contributed by atoms with van der Waals surface area (Å²) in [6, 6.07) is 12.2. The molecule has 0 aliphatic carbocycles. The van der Waals surface area contributed by atoms with E-state index in [1.54, 1.807) is 16.8 Å². The van der Waals surface area contributed by atoms with Gasteiger partial charge >= 0.3 is 0 Å². The smallest absolute Gasteiger partial charge is 0.230 e. The van der Waals surface area contributed by atoms with Gasteiger partial charge in [-0.1, -0.05) is 29.8 Å². The first-order valence-electron chi connectivity index (χ1n) is 8.23. The van der Waals surface area contributed by atoms with Crippen LogP contribution in [0.3, 0.4) is 0 Å². The standard InChI is InChI=1S/C19H17ClN6/c1-12-7-14(3-4-16(12)15-5-6-21-13(2)8-15)10-22-19-25-24-18-9-17(20)23-11-26(18)19/h3-9,11H,10H2,1-2H3,(H,22,25). The van der Waals surface area contributed by atoms with E-state index in [2.05, 4.69) is 56.7 Å². The van der Waals surface area contributed by atoms with Gasteiger partial charge in [0.1, 0.15) is 11.5 Å². The van der Waals surface area contributed by atoms with Crippen molar-refractivity contribution < 1.29 is 0 Å². The molecule has 1 aromatic carbocycles. The predicted molar refractivity (Wildman–Crippen MR) is 102 cm³/mol. The fourth-order valence-corrected chi connectivity index (χ4v) is 3.09. The highest BCUT2D eigenvalue weighted by molar-refractivity contribution is 6.29. The second kappa shape index (κ2) is 6.72. The van der Waals surface area contributed by atoms with Gasteiger partial charge in [0.25, 0.3) is 0 Å². The average molecular weight is 365 g/mol. The third kappa shape index (κ3) is 3.23. The molecule has 0 atom stereocenters. The van der Waals surface area contributed by atoms with Crippen LogP contribution in [0.5, 0.6) is 0 Å². The molecule has 3 heterocycles. The summed E-state index contributed by atoms with van der Waals surface area (Å²) in [6.45, 7) is 4.76. The number of nitrogens with one attached hydrogen (secondary N) is 1. The van der Waals surface area contributed by atoms with E-state index >= 15 is 0 Å². The average Bonchev–Trinajstić information content (AvgIpc) is 3.02. The van der Waals surface area contributed by atoms with Crippen molar-refractivity contribution in [1.82, 2.24) is 24.6 Å². The van der Waals surface area contributed by atoms with E-state index in [-0.39, 0.29) is 0 Å². The first-order chi connectivity index (χ1) is 12.6. The number of rotatable bonds is 4. The molecule has 130 valence electrons. The predicted octanol–water partition coefficient (Wildman–Crippen LogP) is 4.07. The van der Waals surface area contributed by atoms with Crippen LogP contribution in [0, 0.1) is 13.8 Å². The lowest BCUT2D eigenvalue weighted by Gasteiger charge is -2.10. The molecule has 0 spiro atoms. The van der Waals surface area contributed by atoms with Crippen molar-refractivity contribution >= 4 is 23.2 Å². The van der Waals surface area contributed by atoms with Crippen LogP contribution in [-0.2, 0) is 6.54 Å². The van der Waals surface area contributed by atoms with Gasteiger partial charge < -0.3 is 5.32 Å². The molecule has 4 rings (SSSR count). The SMILES string of the molecule is Cc1cc(-c2ccc(CNc3nnc4cc(Cl)ncn34)cc2C)ccn1. The summed E-state index contributed by atoms with van der Waals surface area (Å²) >= 11 is 5.88. The Bertz CT molecular complexity index is 1090. The molecule has 0 radical (unpaired) electrons. The summed E-state index contributed by atoms with van der Waals surface area (Å²) in [5.74, 6) is 0.635. The highest BCUT2D eigenvalue weighted by Gasteiger charge is 2.07. The van der Waals surface area contributed by atoms with Crippen molar-refractivity contribution in [3.63, 3.8) is 0 Å². The summed E-state index contributed by atoms with van der Waals surface area (Å²) in [5, 5.41) is 11.9. The van der Waals surface area contributed by atoms with E-state index < -0.39 is 0 Å². The van der Waals surface area contributed by atoms with Gasteiger partial charge in [-0.25, -0.2) is 4.98 Å². The van der Waals surface area contributed by atoms with Crippen LogP contribution in [0.15, 0.2) is 48.9 Å². The van der Waals surface area contributed by atoms with Crippen LogP contribution >= 0.6 is 11.6 Å². The summed E-state index contributed by atoms with van der Waals surface area (Å²) in [6.07, 6.45) is 3.45. The fourth-order valence-electron chi connectivity index (χ4n) is 2.95. The van der Waals surface area contributed by atoms with Crippen molar-refractivity contribution in [2.75, 3.05) is 5.32 Å². The van der Waals surface area contributed by atoms with E-state index in [1.165, 1.54) is 16.7 Å². The minimum Gasteiger partial charge on any atom is -0.350 e. The fraction of sp³-hybridized carbons (Fsp3) is 0.158. The lowest BCUT2D eigenvalue weighted by molar-refractivity contribution is 1.01. The third-order valence-corrected chi connectivity index (χ3v) is 4.42. The van der Waals surface area contributed by atoms with Gasteiger partial charge in [-0.2, -0.15) is 0 Å². The number of nitrogens with zero attached hydrogens (tertiary/aromatic N) is 5. The first-order valence-corrected chi connectivity index (χ1v) is 8.61. The van der Waals surface area contributed by atoms with Crippen LogP contribution in [-0.4, -0.2) is 24.6 Å². The summed E-state index contributed by atoms with van der Waals surface area (Å²) < 4.78 is 1.77. The third-order valence-electron chi connectivity index (χ3n) is 4.22. The number of halogens is 1. The normalized spacial score (nSPS) is 11.0. The topological polar surface area (TPSA) is 68.0 Å². The number of hydrogen-bond acceptors (Lipinski definition) is 5. The van der Waals surface area contributed by atoms with E-state index in [4.69, 9.17) is 11.6 Å². The minimum absolute atomic E-state index is 0.397. The Kier molecular flexibility index (Phi) is 4.26. The molecule has 7 heteroatoms. The van der Waals surface area contributed by atoms with Crippen LogP contribution in [0.1, 0.15) is 16.8 Å². The Morgan fingerprint density at radius 3 is 2.73 bits per heavy atom. The Labute approximate surface area is 155 Å². The second-order valence-corrected chi connectivity index (χ2v) is 6.54. The maximum atomic E-state index is 5.88. The lowest BCUT2D eigenvalue weighted by Crippen LogP contribution is -2.04. The molecule has 0 fully saturated rings. The second-order valence-electron chi connectivity index (χ2n) is 6.15. The molecular formula is C19H17ClN6. The Morgan fingerprint density at radius 2 is 1.92 bits per heavy atom. The zero-order chi connectivity index (χ0) is 18.1. The molecule has 0 bridgehead atoms. The van der Waals surface area contributed by atoms with Crippen LogP contribution in [0.4, 0.5) is 5.95 Å². The van der Waals surface area contributed by atoms with Crippen molar-refractivity contribution in [1.29, 1.82) is 0 Å². The summed E-state index contributed by atoms with van der Waals surface area (Å²) in [5.41, 5.74) is 6.45. The van der Waals surface area contributed by atoms with Gasteiger partial charge in [-0.15, -0.1) is 10.2 Å². The van der Waals surface area contributed by atoms with Gasteiger partial charge in [0.05, 0.1) is 0 Å². The van der Waals surface area contributed by atoms with Gasteiger partial charge in [-0.3, -0.25) is 9.38 Å². The van der Waals surface area contributed by atoms with Crippen LogP contribution in [0.25, 0.3) is 16.8 Å². The number of aryl methyl sites for hydroxylation is 2. The van der Waals surface area contributed by atoms with Crippen LogP contribution in [0.2, 0.25) is 5.15 Å². The lowest BCUT2D eigenvalue weighted by atomic mass is 9.98. The maximum Gasteiger partial charge on any atom is 0.230 e. The van der Waals surface area contributed by atoms with Crippen LogP contribution < -0.4 is 5.32 Å². The molecule has 26 heavy (non-hydrogen) atoms. The van der Waals surface area contributed by atoms with Crippen molar-refractivity contribution in [2.24, 2.45) is 0 Å². The molecule has 1 N–H and O–H groups in total. The molecule has 0 saturated carbocycles. The van der Waals surface area contributed by atoms with Gasteiger partial charge in [0.15, 0.2) is 5.65 Å². The van der Waals surface area contributed by atoms with Gasteiger partial charge in [-0.05, 0) is 48.2 Å².